The van der Waals surface area contributed by atoms with Gasteiger partial charge in [-0.1, -0.05) is 0 Å². The molecule has 0 aliphatic heterocycles. The topological polar surface area (TPSA) is 93.8 Å². The third kappa shape index (κ3) is 2.62. The molecule has 2 aromatic rings. The summed E-state index contributed by atoms with van der Waals surface area (Å²) in [6.45, 7) is 1.75. The number of carbonyl (C=O) groups is 1. The summed E-state index contributed by atoms with van der Waals surface area (Å²) in [5.41, 5.74) is 6.95. The van der Waals surface area contributed by atoms with Gasteiger partial charge in [-0.15, -0.1) is 0 Å². The zero-order valence-electron chi connectivity index (χ0n) is 9.51. The molecular weight excluding hydrogens is 298 g/mol. The second-order valence-electron chi connectivity index (χ2n) is 3.53. The van der Waals surface area contributed by atoms with Crippen molar-refractivity contribution in [3.05, 3.63) is 40.5 Å². The lowest BCUT2D eigenvalue weighted by Gasteiger charge is -2.07. The molecule has 0 unspecified atom stereocenters. The Labute approximate surface area is 112 Å². The average Bonchev–Trinajstić information content (AvgIpc) is 2.35. The average molecular weight is 308 g/mol. The fraction of sp³-hybridized carbons (Fsp3) is 0.0909. The first-order valence-corrected chi connectivity index (χ1v) is 5.88. The van der Waals surface area contributed by atoms with Crippen molar-refractivity contribution in [3.63, 3.8) is 0 Å². The minimum Gasteiger partial charge on any atom is -0.382 e. The summed E-state index contributed by atoms with van der Waals surface area (Å²) in [7, 11) is 0. The summed E-state index contributed by atoms with van der Waals surface area (Å²) < 4.78 is 0.494. The zero-order valence-corrected chi connectivity index (χ0v) is 11.1. The van der Waals surface area contributed by atoms with Crippen LogP contribution in [0.5, 0.6) is 0 Å². The van der Waals surface area contributed by atoms with Gasteiger partial charge in [0.25, 0.3) is 5.91 Å². The highest BCUT2D eigenvalue weighted by atomic mass is 79.9. The van der Waals surface area contributed by atoms with Crippen LogP contribution in [0.1, 0.15) is 16.2 Å². The molecule has 0 atom stereocenters. The maximum Gasteiger partial charge on any atom is 0.278 e. The van der Waals surface area contributed by atoms with E-state index in [-0.39, 0.29) is 11.5 Å². The Hall–Kier alpha value is -2.02. The van der Waals surface area contributed by atoms with Crippen molar-refractivity contribution >= 4 is 33.3 Å². The molecule has 0 radical (unpaired) electrons. The first-order chi connectivity index (χ1) is 8.58. The summed E-state index contributed by atoms with van der Waals surface area (Å²) in [6.07, 6.45) is 3.15. The van der Waals surface area contributed by atoms with E-state index in [1.165, 1.54) is 6.20 Å². The van der Waals surface area contributed by atoms with Crippen molar-refractivity contribution in [2.24, 2.45) is 0 Å². The molecule has 92 valence electrons. The monoisotopic (exact) mass is 307 g/mol. The molecule has 2 heterocycles. The molecular formula is C11H10BrN5O. The number of pyridine rings is 1. The molecule has 0 bridgehead atoms. The first-order valence-electron chi connectivity index (χ1n) is 5.09. The van der Waals surface area contributed by atoms with Crippen LogP contribution in [0.4, 0.5) is 11.5 Å². The maximum absolute atomic E-state index is 12.0. The number of rotatable bonds is 2. The molecule has 0 aromatic carbocycles. The summed E-state index contributed by atoms with van der Waals surface area (Å²) in [5, 5.41) is 2.64. The Kier molecular flexibility index (Phi) is 3.52. The molecule has 0 fully saturated rings. The van der Waals surface area contributed by atoms with E-state index in [2.05, 4.69) is 36.2 Å². The van der Waals surface area contributed by atoms with Crippen LogP contribution in [0, 0.1) is 6.92 Å². The van der Waals surface area contributed by atoms with Crippen LogP contribution in [-0.2, 0) is 0 Å². The first kappa shape index (κ1) is 12.4. The van der Waals surface area contributed by atoms with Crippen LogP contribution >= 0.6 is 15.9 Å². The number of anilines is 2. The molecule has 18 heavy (non-hydrogen) atoms. The quantitative estimate of drug-likeness (QED) is 0.882. The number of carbonyl (C=O) groups excluding carboxylic acids is 1. The van der Waals surface area contributed by atoms with Crippen molar-refractivity contribution < 1.29 is 4.79 Å². The SMILES string of the molecule is Cc1nc(N)c(C(=O)Nc2cccnc2)nc1Br. The number of aromatic nitrogens is 3. The summed E-state index contributed by atoms with van der Waals surface area (Å²) in [4.78, 5) is 23.9. The number of hydrogen-bond donors (Lipinski definition) is 2. The van der Waals surface area contributed by atoms with E-state index >= 15 is 0 Å². The van der Waals surface area contributed by atoms with E-state index in [0.717, 1.165) is 0 Å². The molecule has 6 nitrogen and oxygen atoms in total. The number of nitrogens with two attached hydrogens (primary N) is 1. The number of amides is 1. The van der Waals surface area contributed by atoms with Crippen molar-refractivity contribution in [2.75, 3.05) is 11.1 Å². The van der Waals surface area contributed by atoms with Gasteiger partial charge in [0, 0.05) is 6.20 Å². The fourth-order valence-corrected chi connectivity index (χ4v) is 1.58. The minimum atomic E-state index is -0.422. The summed E-state index contributed by atoms with van der Waals surface area (Å²) in [5.74, 6) is -0.328. The van der Waals surface area contributed by atoms with Gasteiger partial charge in [0.1, 0.15) is 4.60 Å². The molecule has 0 saturated heterocycles. The Morgan fingerprint density at radius 1 is 1.44 bits per heavy atom. The molecule has 0 aliphatic rings. The van der Waals surface area contributed by atoms with Crippen LogP contribution in [0.2, 0.25) is 0 Å². The van der Waals surface area contributed by atoms with Crippen molar-refractivity contribution in [1.29, 1.82) is 0 Å². The number of nitrogens with zero attached hydrogens (tertiary/aromatic N) is 3. The predicted molar refractivity (Wildman–Crippen MR) is 71.1 cm³/mol. The lowest BCUT2D eigenvalue weighted by molar-refractivity contribution is 0.102. The van der Waals surface area contributed by atoms with Gasteiger partial charge in [-0.25, -0.2) is 9.97 Å². The highest BCUT2D eigenvalue weighted by Crippen LogP contribution is 2.16. The molecule has 2 aromatic heterocycles. The fourth-order valence-electron chi connectivity index (χ4n) is 1.31. The van der Waals surface area contributed by atoms with E-state index in [0.29, 0.717) is 16.0 Å². The third-order valence-electron chi connectivity index (χ3n) is 2.17. The van der Waals surface area contributed by atoms with Gasteiger partial charge < -0.3 is 11.1 Å². The van der Waals surface area contributed by atoms with Gasteiger partial charge in [-0.2, -0.15) is 0 Å². The molecule has 7 heteroatoms. The zero-order chi connectivity index (χ0) is 13.1. The van der Waals surface area contributed by atoms with Gasteiger partial charge in [0.15, 0.2) is 11.5 Å². The van der Waals surface area contributed by atoms with Gasteiger partial charge in [0.2, 0.25) is 0 Å². The highest BCUT2D eigenvalue weighted by Gasteiger charge is 2.15. The maximum atomic E-state index is 12.0. The molecule has 2 rings (SSSR count). The van der Waals surface area contributed by atoms with Crippen LogP contribution < -0.4 is 11.1 Å². The second-order valence-corrected chi connectivity index (χ2v) is 4.28. The van der Waals surface area contributed by atoms with E-state index in [1.807, 2.05) is 0 Å². The molecule has 0 saturated carbocycles. The Morgan fingerprint density at radius 3 is 2.89 bits per heavy atom. The predicted octanol–water partition coefficient (Wildman–Crippen LogP) is 1.78. The van der Waals surface area contributed by atoms with E-state index in [4.69, 9.17) is 5.73 Å². The molecule has 0 spiro atoms. The van der Waals surface area contributed by atoms with Gasteiger partial charge in [0.05, 0.1) is 17.6 Å². The standard InChI is InChI=1S/C11H10BrN5O/c1-6-9(12)17-8(10(13)15-6)11(18)16-7-3-2-4-14-5-7/h2-5H,1H3,(H2,13,15)(H,16,18). The molecule has 1 amide bonds. The highest BCUT2D eigenvalue weighted by molar-refractivity contribution is 9.10. The van der Waals surface area contributed by atoms with Gasteiger partial charge >= 0.3 is 0 Å². The second kappa shape index (κ2) is 5.09. The van der Waals surface area contributed by atoms with E-state index in [1.54, 1.807) is 25.3 Å². The summed E-state index contributed by atoms with van der Waals surface area (Å²) >= 11 is 3.21. The van der Waals surface area contributed by atoms with Crippen LogP contribution in [0.15, 0.2) is 29.1 Å². The van der Waals surface area contributed by atoms with Gasteiger partial charge in [-0.05, 0) is 35.0 Å². The van der Waals surface area contributed by atoms with E-state index < -0.39 is 5.91 Å². The van der Waals surface area contributed by atoms with Crippen LogP contribution in [-0.4, -0.2) is 20.9 Å². The molecule has 3 N–H and O–H groups in total. The van der Waals surface area contributed by atoms with Crippen molar-refractivity contribution in [3.8, 4) is 0 Å². The Bertz CT molecular complexity index is 587. The number of hydrogen-bond acceptors (Lipinski definition) is 5. The van der Waals surface area contributed by atoms with Gasteiger partial charge in [-0.3, -0.25) is 9.78 Å². The number of nitrogen functional groups attached to an aromatic ring is 1. The van der Waals surface area contributed by atoms with Crippen LogP contribution in [0.25, 0.3) is 0 Å². The Morgan fingerprint density at radius 2 is 2.22 bits per heavy atom. The van der Waals surface area contributed by atoms with E-state index in [9.17, 15) is 4.79 Å². The minimum absolute atomic E-state index is 0.0799. The largest absolute Gasteiger partial charge is 0.382 e. The van der Waals surface area contributed by atoms with Crippen molar-refractivity contribution in [1.82, 2.24) is 15.0 Å². The Balaban J connectivity index is 2.27. The van der Waals surface area contributed by atoms with Crippen molar-refractivity contribution in [2.45, 2.75) is 6.92 Å². The third-order valence-corrected chi connectivity index (χ3v) is 2.92. The molecule has 0 aliphatic carbocycles. The smallest absolute Gasteiger partial charge is 0.278 e. The number of halogens is 1. The number of nitrogens with one attached hydrogen (secondary N) is 1. The normalized spacial score (nSPS) is 10.1. The lowest BCUT2D eigenvalue weighted by atomic mass is 10.3. The summed E-state index contributed by atoms with van der Waals surface area (Å²) in [6, 6.07) is 3.44. The lowest BCUT2D eigenvalue weighted by Crippen LogP contribution is -2.17. The number of aryl methyl sites for hydroxylation is 1. The van der Waals surface area contributed by atoms with Crippen LogP contribution in [0.3, 0.4) is 0 Å².